The van der Waals surface area contributed by atoms with Gasteiger partial charge in [-0.1, -0.05) is 5.16 Å². The van der Waals surface area contributed by atoms with Crippen LogP contribution in [0.2, 0.25) is 0 Å². The molecular formula is C13H19N3O2. The van der Waals surface area contributed by atoms with Crippen molar-refractivity contribution in [3.63, 3.8) is 0 Å². The Morgan fingerprint density at radius 2 is 2.33 bits per heavy atom. The Hall–Kier alpha value is -1.36. The van der Waals surface area contributed by atoms with Crippen molar-refractivity contribution in [3.8, 4) is 0 Å². The molecule has 5 nitrogen and oxygen atoms in total. The second-order valence-corrected chi connectivity index (χ2v) is 5.14. The van der Waals surface area contributed by atoms with Gasteiger partial charge in [0.25, 0.3) is 5.91 Å². The van der Waals surface area contributed by atoms with Crippen LogP contribution in [0.1, 0.15) is 42.7 Å². The largest absolute Gasteiger partial charge is 0.351 e. The van der Waals surface area contributed by atoms with Crippen molar-refractivity contribution < 1.29 is 9.32 Å². The molecule has 5 heteroatoms. The summed E-state index contributed by atoms with van der Waals surface area (Å²) < 4.78 is 5.00. The Morgan fingerprint density at radius 3 is 3.06 bits per heavy atom. The molecule has 1 aromatic rings. The van der Waals surface area contributed by atoms with Crippen LogP contribution in [0, 0.1) is 0 Å². The van der Waals surface area contributed by atoms with Crippen LogP contribution in [0.25, 0.3) is 0 Å². The lowest BCUT2D eigenvalue weighted by molar-refractivity contribution is 0.0522. The molecule has 2 unspecified atom stereocenters. The van der Waals surface area contributed by atoms with Crippen molar-refractivity contribution >= 4 is 5.91 Å². The molecule has 1 amide bonds. The molecule has 1 aromatic heterocycles. The SMILES string of the molecule is O=C(c1ccno1)N1CCCCC1C1CCCN1. The summed E-state index contributed by atoms with van der Waals surface area (Å²) in [5.74, 6) is 0.353. The second kappa shape index (κ2) is 5.10. The third kappa shape index (κ3) is 2.14. The van der Waals surface area contributed by atoms with E-state index in [1.54, 1.807) is 6.07 Å². The summed E-state index contributed by atoms with van der Waals surface area (Å²) in [6, 6.07) is 2.42. The number of hydrogen-bond donors (Lipinski definition) is 1. The second-order valence-electron chi connectivity index (χ2n) is 5.14. The van der Waals surface area contributed by atoms with Gasteiger partial charge in [0.2, 0.25) is 5.76 Å². The Bertz CT molecular complexity index is 398. The summed E-state index contributed by atoms with van der Waals surface area (Å²) in [7, 11) is 0. The number of likely N-dealkylation sites (tertiary alicyclic amines) is 1. The number of amides is 1. The smallest absolute Gasteiger partial charge is 0.292 e. The number of nitrogens with one attached hydrogen (secondary N) is 1. The highest BCUT2D eigenvalue weighted by Crippen LogP contribution is 2.25. The molecule has 98 valence electrons. The summed E-state index contributed by atoms with van der Waals surface area (Å²) in [5, 5.41) is 7.14. The summed E-state index contributed by atoms with van der Waals surface area (Å²) >= 11 is 0. The molecule has 0 aliphatic carbocycles. The van der Waals surface area contributed by atoms with E-state index in [0.717, 1.165) is 25.9 Å². The molecule has 2 atom stereocenters. The fourth-order valence-corrected chi connectivity index (χ4v) is 3.14. The lowest BCUT2D eigenvalue weighted by atomic mass is 9.94. The van der Waals surface area contributed by atoms with Crippen LogP contribution in [0.15, 0.2) is 16.8 Å². The van der Waals surface area contributed by atoms with E-state index in [9.17, 15) is 4.79 Å². The first-order valence-electron chi connectivity index (χ1n) is 6.81. The fraction of sp³-hybridized carbons (Fsp3) is 0.692. The maximum Gasteiger partial charge on any atom is 0.292 e. The normalized spacial score (nSPS) is 28.6. The topological polar surface area (TPSA) is 58.4 Å². The van der Waals surface area contributed by atoms with Crippen molar-refractivity contribution in [2.45, 2.75) is 44.2 Å². The molecule has 0 spiro atoms. The lowest BCUT2D eigenvalue weighted by Crippen LogP contribution is -2.52. The molecular weight excluding hydrogens is 230 g/mol. The minimum atomic E-state index is -0.00843. The highest BCUT2D eigenvalue weighted by atomic mass is 16.5. The van der Waals surface area contributed by atoms with Crippen LogP contribution in [-0.2, 0) is 0 Å². The Balaban J connectivity index is 1.76. The zero-order valence-electron chi connectivity index (χ0n) is 10.5. The summed E-state index contributed by atoms with van der Waals surface area (Å²) in [6.45, 7) is 1.91. The van der Waals surface area contributed by atoms with Gasteiger partial charge in [0, 0.05) is 24.7 Å². The Morgan fingerprint density at radius 1 is 1.39 bits per heavy atom. The lowest BCUT2D eigenvalue weighted by Gasteiger charge is -2.38. The number of carbonyl (C=O) groups excluding carboxylic acids is 1. The molecule has 2 saturated heterocycles. The van der Waals surface area contributed by atoms with Gasteiger partial charge in [0.15, 0.2) is 0 Å². The van der Waals surface area contributed by atoms with Crippen LogP contribution in [-0.4, -0.2) is 41.1 Å². The monoisotopic (exact) mass is 249 g/mol. The highest BCUT2D eigenvalue weighted by molar-refractivity contribution is 5.91. The third-order valence-electron chi connectivity index (χ3n) is 4.02. The quantitative estimate of drug-likeness (QED) is 0.861. The number of nitrogens with zero attached hydrogens (tertiary/aromatic N) is 2. The molecule has 0 radical (unpaired) electrons. The summed E-state index contributed by atoms with van der Waals surface area (Å²) in [4.78, 5) is 14.4. The van der Waals surface area contributed by atoms with Crippen molar-refractivity contribution in [3.05, 3.63) is 18.0 Å². The average Bonchev–Trinajstić information content (AvgIpc) is 3.11. The van der Waals surface area contributed by atoms with Gasteiger partial charge in [0.1, 0.15) is 0 Å². The number of carbonyl (C=O) groups is 1. The zero-order valence-corrected chi connectivity index (χ0v) is 10.5. The standard InChI is InChI=1S/C13H19N3O2/c17-13(12-6-8-15-18-12)16-9-2-1-5-11(16)10-4-3-7-14-10/h6,8,10-11,14H,1-5,7,9H2. The van der Waals surface area contributed by atoms with E-state index in [2.05, 4.69) is 10.5 Å². The van der Waals surface area contributed by atoms with Gasteiger partial charge in [-0.2, -0.15) is 0 Å². The summed E-state index contributed by atoms with van der Waals surface area (Å²) in [6.07, 6.45) is 7.31. The minimum absolute atomic E-state index is 0.00843. The van der Waals surface area contributed by atoms with Crippen LogP contribution in [0.4, 0.5) is 0 Å². The highest BCUT2D eigenvalue weighted by Gasteiger charge is 2.35. The number of aromatic nitrogens is 1. The van der Waals surface area contributed by atoms with Crippen LogP contribution in [0.5, 0.6) is 0 Å². The molecule has 0 bridgehead atoms. The van der Waals surface area contributed by atoms with E-state index in [-0.39, 0.29) is 5.91 Å². The van der Waals surface area contributed by atoms with Gasteiger partial charge in [-0.15, -0.1) is 0 Å². The van der Waals surface area contributed by atoms with Gasteiger partial charge >= 0.3 is 0 Å². The molecule has 2 fully saturated rings. The van der Waals surface area contributed by atoms with Gasteiger partial charge in [-0.25, -0.2) is 0 Å². The van der Waals surface area contributed by atoms with Crippen molar-refractivity contribution in [2.24, 2.45) is 0 Å². The fourth-order valence-electron chi connectivity index (χ4n) is 3.14. The molecule has 3 rings (SSSR count). The number of rotatable bonds is 2. The molecule has 18 heavy (non-hydrogen) atoms. The predicted molar refractivity (Wildman–Crippen MR) is 66.2 cm³/mol. The first-order valence-corrected chi connectivity index (χ1v) is 6.81. The van der Waals surface area contributed by atoms with Crippen LogP contribution in [0.3, 0.4) is 0 Å². The van der Waals surface area contributed by atoms with E-state index in [1.807, 2.05) is 4.90 Å². The maximum absolute atomic E-state index is 12.4. The van der Waals surface area contributed by atoms with E-state index in [4.69, 9.17) is 4.52 Å². The van der Waals surface area contributed by atoms with E-state index in [1.165, 1.54) is 25.5 Å². The zero-order chi connectivity index (χ0) is 12.4. The molecule has 2 aliphatic heterocycles. The van der Waals surface area contributed by atoms with Gasteiger partial charge in [0.05, 0.1) is 6.20 Å². The Labute approximate surface area is 107 Å². The maximum atomic E-state index is 12.4. The number of hydrogen-bond acceptors (Lipinski definition) is 4. The van der Waals surface area contributed by atoms with Crippen molar-refractivity contribution in [2.75, 3.05) is 13.1 Å². The molecule has 2 aliphatic rings. The Kier molecular flexibility index (Phi) is 3.32. The van der Waals surface area contributed by atoms with Crippen molar-refractivity contribution in [1.82, 2.24) is 15.4 Å². The molecule has 0 saturated carbocycles. The molecule has 1 N–H and O–H groups in total. The van der Waals surface area contributed by atoms with Crippen LogP contribution < -0.4 is 5.32 Å². The first-order chi connectivity index (χ1) is 8.86. The minimum Gasteiger partial charge on any atom is -0.351 e. The van der Waals surface area contributed by atoms with E-state index >= 15 is 0 Å². The molecule has 3 heterocycles. The van der Waals surface area contributed by atoms with Gasteiger partial charge in [-0.05, 0) is 38.6 Å². The van der Waals surface area contributed by atoms with Gasteiger partial charge < -0.3 is 14.7 Å². The van der Waals surface area contributed by atoms with Crippen LogP contribution >= 0.6 is 0 Å². The average molecular weight is 249 g/mol. The predicted octanol–water partition coefficient (Wildman–Crippen LogP) is 1.42. The van der Waals surface area contributed by atoms with E-state index in [0.29, 0.717) is 17.8 Å². The summed E-state index contributed by atoms with van der Waals surface area (Å²) in [5.41, 5.74) is 0. The van der Waals surface area contributed by atoms with Gasteiger partial charge in [-0.3, -0.25) is 4.79 Å². The first kappa shape index (κ1) is 11.7. The number of piperidine rings is 1. The molecule has 0 aromatic carbocycles. The third-order valence-corrected chi connectivity index (χ3v) is 4.02. The van der Waals surface area contributed by atoms with E-state index < -0.39 is 0 Å². The van der Waals surface area contributed by atoms with Crippen molar-refractivity contribution in [1.29, 1.82) is 0 Å².